The zero-order valence-electron chi connectivity index (χ0n) is 67.8. The van der Waals surface area contributed by atoms with Crippen LogP contribution in [0, 0.1) is 0 Å². The van der Waals surface area contributed by atoms with Crippen LogP contribution in [-0.2, 0) is 174 Å². The van der Waals surface area contributed by atoms with Crippen molar-refractivity contribution in [1.29, 1.82) is 0 Å². The number of carbonyl (C=O) groups is 3. The van der Waals surface area contributed by atoms with Gasteiger partial charge in [0.15, 0.2) is 42.8 Å². The van der Waals surface area contributed by atoms with Crippen molar-refractivity contribution >= 4 is 145 Å². The lowest BCUT2D eigenvalue weighted by atomic mass is 9.92. The lowest BCUT2D eigenvalue weighted by molar-refractivity contribution is -0.296. The van der Waals surface area contributed by atoms with Crippen LogP contribution in [-0.4, -0.2) is 446 Å². The third kappa shape index (κ3) is 40.1. The molecule has 0 bridgehead atoms. The van der Waals surface area contributed by atoms with E-state index in [0.29, 0.717) is 0 Å². The summed E-state index contributed by atoms with van der Waals surface area (Å²) in [6.07, 6.45) is -70.1. The van der Waals surface area contributed by atoms with E-state index in [4.69, 9.17) is 42.1 Å². The first kappa shape index (κ1) is 118. The number of amides is 3. The third-order valence-electron chi connectivity index (χ3n) is 18.4. The van der Waals surface area contributed by atoms with Crippen molar-refractivity contribution in [2.24, 2.45) is 0 Å². The van der Waals surface area contributed by atoms with Crippen LogP contribution in [0.15, 0.2) is 72.8 Å². The summed E-state index contributed by atoms with van der Waals surface area (Å²) in [6.45, 7) is -11.2. The van der Waals surface area contributed by atoms with Gasteiger partial charge in [-0.15, -0.1) is 0 Å². The van der Waals surface area contributed by atoms with Gasteiger partial charge in [-0.05, 0) is 54.6 Å². The van der Waals surface area contributed by atoms with Crippen LogP contribution in [0.4, 0.5) is 34.1 Å². The highest BCUT2D eigenvalue weighted by Gasteiger charge is 2.56. The maximum Gasteiger partial charge on any atom is 0.397 e. The summed E-state index contributed by atoms with van der Waals surface area (Å²) < 4.78 is 359. The van der Waals surface area contributed by atoms with Crippen LogP contribution in [0.2, 0.25) is 0 Å². The largest absolute Gasteiger partial charge is 0.397 e. The monoisotopic (exact) mass is 2160 g/mol. The Labute approximate surface area is 768 Å². The molecule has 67 nitrogen and oxygen atoms in total. The first-order valence-electron chi connectivity index (χ1n) is 37.2. The van der Waals surface area contributed by atoms with Crippen molar-refractivity contribution in [3.05, 3.63) is 72.8 Å². The topological polar surface area (TPSA) is 1070 Å². The molecule has 0 radical (unpaired) electrons. The molecule has 27 atom stereocenters. The molecule has 3 heterocycles. The van der Waals surface area contributed by atoms with E-state index in [9.17, 15) is 199 Å². The van der Waals surface area contributed by atoms with E-state index in [1.165, 1.54) is 48.5 Å². The number of aliphatic hydroxyl groups excluding tert-OH is 15. The van der Waals surface area contributed by atoms with Gasteiger partial charge in [0.2, 0.25) is 11.8 Å². The first-order chi connectivity index (χ1) is 62.3. The fourth-order valence-corrected chi connectivity index (χ4v) is 16.2. The fourth-order valence-electron chi connectivity index (χ4n) is 12.3. The Morgan fingerprint density at radius 1 is 0.316 bits per heavy atom. The predicted octanol–water partition coefficient (Wildman–Crippen LogP) is -14.1. The molecule has 6 rings (SSSR count). The van der Waals surface area contributed by atoms with Gasteiger partial charge in [-0.25, -0.2) is 37.6 Å². The predicted molar refractivity (Wildman–Crippen MR) is 430 cm³/mol. The van der Waals surface area contributed by atoms with Gasteiger partial charge < -0.3 is 142 Å². The Bertz CT molecular complexity index is 5340. The van der Waals surface area contributed by atoms with E-state index in [-0.39, 0.29) is 34.1 Å². The number of carbonyl (C=O) groups excluding carboxylic acids is 3. The Morgan fingerprint density at radius 2 is 0.529 bits per heavy atom. The summed E-state index contributed by atoms with van der Waals surface area (Å²) in [4.78, 5) is 42.6. The van der Waals surface area contributed by atoms with Gasteiger partial charge in [0, 0.05) is 53.8 Å². The number of hydrogen-bond donors (Lipinski definition) is 31. The van der Waals surface area contributed by atoms with Crippen molar-refractivity contribution < 1.29 is 279 Å². The van der Waals surface area contributed by atoms with E-state index in [0.717, 1.165) is 24.3 Å². The SMILES string of the molecule is O=C(CC(O)(CC(=O)Nc1cccc(NC[C@H](O)[C@@H](O)[C@H](O)[C@H](O)CO[C@@H]2O[C@@H](COS(=O)(=O)O)[C@@H](OS(=O)(=O)O)[C@H](O)[C@H]2OS(=O)(=O)O)c1)C(=O)Nc1cccc(NC[C@H](O)[C@@H](O)[C@H](O)[C@H](O)CO[C@@H]2O[C@@H](COS(=O)(=O)O)[C@@H](OS(=O)(=O)O)[C@H](O)[C@H]2OS(=O)(=O)O)c1)Nc1cccc(NC[C@H](O)[C@@H](O)[C@H](O)[C@H](O)CO[C@@H]2O[C@@H](COS(=O)(=O)O)[C@@H](OS(=O)(=O)O)[C@H](O)[C@H]2OS(=O)(=O)O)c1. The molecule has 3 aliphatic heterocycles. The van der Waals surface area contributed by atoms with Gasteiger partial charge in [-0.1, -0.05) is 18.2 Å². The molecule has 31 N–H and O–H groups in total. The highest BCUT2D eigenvalue weighted by atomic mass is 32.3. The summed E-state index contributed by atoms with van der Waals surface area (Å²) in [5.41, 5.74) is -4.29. The molecular weight excluding hydrogens is 2070 g/mol. The van der Waals surface area contributed by atoms with Crippen LogP contribution in [0.25, 0.3) is 0 Å². The van der Waals surface area contributed by atoms with E-state index < -0.39 is 354 Å². The normalized spacial score (nSPS) is 25.9. The van der Waals surface area contributed by atoms with Crippen LogP contribution in [0.3, 0.4) is 0 Å². The summed E-state index contributed by atoms with van der Waals surface area (Å²) in [5, 5.41) is 190. The highest BCUT2D eigenvalue weighted by Crippen LogP contribution is 2.35. The molecule has 0 aromatic heterocycles. The van der Waals surface area contributed by atoms with Crippen LogP contribution >= 0.6 is 0 Å². The number of anilines is 6. The average molecular weight is 2160 g/mol. The molecule has 0 unspecified atom stereocenters. The van der Waals surface area contributed by atoms with E-state index in [2.05, 4.69) is 69.5 Å². The summed E-state index contributed by atoms with van der Waals surface area (Å²) >= 11 is 0. The summed E-state index contributed by atoms with van der Waals surface area (Å²) in [7, 11) is -50.5. The maximum atomic E-state index is 14.5. The third-order valence-corrected chi connectivity index (χ3v) is 22.5. The average Bonchev–Trinajstić information content (AvgIpc) is 0.753. The molecule has 3 fully saturated rings. The highest BCUT2D eigenvalue weighted by molar-refractivity contribution is 7.82. The zero-order chi connectivity index (χ0) is 103. The van der Waals surface area contributed by atoms with Gasteiger partial charge in [0.1, 0.15) is 110 Å². The molecule has 3 saturated heterocycles. The van der Waals surface area contributed by atoms with Crippen LogP contribution in [0.1, 0.15) is 12.8 Å². The van der Waals surface area contributed by atoms with Crippen molar-refractivity contribution in [3.8, 4) is 0 Å². The maximum absolute atomic E-state index is 14.5. The molecule has 3 amide bonds. The Balaban J connectivity index is 1.16. The van der Waals surface area contributed by atoms with Gasteiger partial charge in [0.25, 0.3) is 5.91 Å². The quantitative estimate of drug-likeness (QED) is 0.0233. The number of hydrogen-bond acceptors (Lipinski definition) is 55. The Morgan fingerprint density at radius 3 is 0.757 bits per heavy atom. The van der Waals surface area contributed by atoms with E-state index >= 15 is 0 Å². The fraction of sp³-hybridized carbons (Fsp3) is 0.650. The lowest BCUT2D eigenvalue weighted by Gasteiger charge is -2.42. The lowest BCUT2D eigenvalue weighted by Crippen LogP contribution is -2.62. The number of aliphatic hydroxyl groups is 16. The molecule has 3 aliphatic rings. The molecule has 0 aliphatic carbocycles. The van der Waals surface area contributed by atoms with Gasteiger partial charge in [0.05, 0.1) is 70.8 Å². The molecule has 782 valence electrons. The van der Waals surface area contributed by atoms with E-state index in [1.807, 2.05) is 0 Å². The van der Waals surface area contributed by atoms with Gasteiger partial charge >= 0.3 is 93.6 Å². The molecule has 3 aromatic carbocycles. The second kappa shape index (κ2) is 49.4. The molecule has 3 aromatic rings. The minimum absolute atomic E-state index is 0.0828. The van der Waals surface area contributed by atoms with Crippen molar-refractivity contribution in [2.75, 3.05) is 91.2 Å². The summed E-state index contributed by atoms with van der Waals surface area (Å²) in [6, 6.07) is 14.1. The van der Waals surface area contributed by atoms with Crippen molar-refractivity contribution in [2.45, 2.75) is 184 Å². The van der Waals surface area contributed by atoms with Crippen LogP contribution < -0.4 is 31.9 Å². The molecule has 76 heteroatoms. The molecule has 0 spiro atoms. The van der Waals surface area contributed by atoms with Gasteiger partial charge in [-0.3, -0.25) is 55.4 Å². The number of benzene rings is 3. The Hall–Kier alpha value is -6.58. The van der Waals surface area contributed by atoms with Crippen molar-refractivity contribution in [3.63, 3.8) is 0 Å². The van der Waals surface area contributed by atoms with E-state index in [1.54, 1.807) is 0 Å². The van der Waals surface area contributed by atoms with Gasteiger partial charge in [-0.2, -0.15) is 75.8 Å². The minimum atomic E-state index is -5.73. The molecular formula is C60H92N6O61S9. The molecule has 136 heavy (non-hydrogen) atoms. The first-order valence-corrected chi connectivity index (χ1v) is 49.5. The second-order valence-corrected chi connectivity index (χ2v) is 38.4. The second-order valence-electron chi connectivity index (χ2n) is 28.8. The Kier molecular flexibility index (Phi) is 42.9. The summed E-state index contributed by atoms with van der Waals surface area (Å²) in [5.74, 6) is -4.17. The van der Waals surface area contributed by atoms with Crippen LogP contribution in [0.5, 0.6) is 0 Å². The minimum Gasteiger partial charge on any atom is -0.388 e. The smallest absolute Gasteiger partial charge is 0.388 e. The number of nitrogens with one attached hydrogen (secondary N) is 6. The van der Waals surface area contributed by atoms with Crippen molar-refractivity contribution in [1.82, 2.24) is 0 Å². The standard InChI is InChI=1S/C60H92N6O61S9/c67-30(41(75)44(78)33(70)18-113-56-53(125-134(104,105)106)47(81)50(122-131(95,96)97)36(119-56)21-116-128(86,87)88)15-61-24-4-1-7-27(10-24)64-39(73)13-60(85,59(84)66-29-9-3-6-26(12-29)63-17-32(69)43(77)46(80)35(72)20-115-58-55(127-136(110,111)112)49(83)52(124-133(101,102)103)38(121-58)23-118-130(92,93)94)14-40(74)65-28-8-2-5-25(11-28)62-16-31(68)42(76)45(79)34(71)19-114-57-54(126-135(107,108)109)48(82)51(123-132(98,99)100)37(120-57)22-117-129(89,90)91/h1-12,30-38,41-58,61-63,67-72,75-83,85H,13-23H2,(H,64,73)(H,65,74)(H,66,84)(H,86,87,88)(H,89,90,91)(H,92,93,94)(H,95,96,97)(H,98,99,100)(H,101,102,103)(H,104,105,106)(H,107,108,109)(H,110,111,112)/t30-,31-,32-,33+,34+,35+,36-,37-,38-,41+,42+,43+,44+,45+,46+,47-,48-,49-,50+,51+,52+,53+,54+,55+,56+,57+,58+/m0/s1. The molecule has 0 saturated carbocycles. The number of ether oxygens (including phenoxy) is 6. The number of rotatable bonds is 56. The zero-order valence-corrected chi connectivity index (χ0v) is 75.2.